The van der Waals surface area contributed by atoms with E-state index in [0.717, 1.165) is 4.90 Å². The van der Waals surface area contributed by atoms with Gasteiger partial charge in [-0.25, -0.2) is 0 Å². The first-order chi connectivity index (χ1) is 12.4. The third kappa shape index (κ3) is 4.58. The highest BCUT2D eigenvalue weighted by Gasteiger charge is 2.15. The Balaban J connectivity index is 1.71. The standard InChI is InChI=1S/C18H15Cl2N3O2S/c1-10(2)26-13-6-3-11(4-7-13)16(24)21-18-23-22-17(25-18)14-8-5-12(19)9-15(14)20/h3-10H,1-2H3,(H,21,23,24). The minimum absolute atomic E-state index is 0.00310. The van der Waals surface area contributed by atoms with Crippen LogP contribution in [0.15, 0.2) is 51.8 Å². The van der Waals surface area contributed by atoms with Crippen molar-refractivity contribution in [3.63, 3.8) is 0 Å². The van der Waals surface area contributed by atoms with Crippen LogP contribution in [0.1, 0.15) is 24.2 Å². The maximum Gasteiger partial charge on any atom is 0.322 e. The molecular weight excluding hydrogens is 393 g/mol. The number of aromatic nitrogens is 2. The highest BCUT2D eigenvalue weighted by atomic mass is 35.5. The zero-order valence-corrected chi connectivity index (χ0v) is 16.3. The fourth-order valence-corrected chi connectivity index (χ4v) is 3.50. The Bertz CT molecular complexity index is 926. The van der Waals surface area contributed by atoms with Gasteiger partial charge in [0.15, 0.2) is 0 Å². The van der Waals surface area contributed by atoms with E-state index < -0.39 is 0 Å². The van der Waals surface area contributed by atoms with E-state index in [1.54, 1.807) is 42.1 Å². The summed E-state index contributed by atoms with van der Waals surface area (Å²) < 4.78 is 5.47. The predicted molar refractivity (Wildman–Crippen MR) is 105 cm³/mol. The molecule has 0 aliphatic carbocycles. The third-order valence-electron chi connectivity index (χ3n) is 3.30. The molecule has 3 aromatic rings. The number of rotatable bonds is 5. The van der Waals surface area contributed by atoms with Gasteiger partial charge in [-0.15, -0.1) is 16.9 Å². The van der Waals surface area contributed by atoms with Crippen molar-refractivity contribution in [1.82, 2.24) is 10.2 Å². The number of amides is 1. The highest BCUT2D eigenvalue weighted by molar-refractivity contribution is 7.99. The Morgan fingerprint density at radius 3 is 2.50 bits per heavy atom. The first-order valence-electron chi connectivity index (χ1n) is 7.79. The molecular formula is C18H15Cl2N3O2S. The molecule has 0 fully saturated rings. The number of hydrogen-bond acceptors (Lipinski definition) is 5. The van der Waals surface area contributed by atoms with Crippen LogP contribution >= 0.6 is 35.0 Å². The fraction of sp³-hybridized carbons (Fsp3) is 0.167. The molecule has 8 heteroatoms. The molecule has 5 nitrogen and oxygen atoms in total. The summed E-state index contributed by atoms with van der Waals surface area (Å²) in [4.78, 5) is 13.4. The Labute approximate surface area is 165 Å². The zero-order chi connectivity index (χ0) is 18.7. The molecule has 0 bridgehead atoms. The molecule has 0 aliphatic heterocycles. The number of hydrogen-bond donors (Lipinski definition) is 1. The van der Waals surface area contributed by atoms with Crippen molar-refractivity contribution in [2.24, 2.45) is 0 Å². The van der Waals surface area contributed by atoms with Crippen molar-refractivity contribution in [3.05, 3.63) is 58.1 Å². The largest absolute Gasteiger partial charge is 0.403 e. The Hall–Kier alpha value is -2.02. The number of benzene rings is 2. The lowest BCUT2D eigenvalue weighted by atomic mass is 10.2. The highest BCUT2D eigenvalue weighted by Crippen LogP contribution is 2.30. The number of halogens is 2. The number of nitrogens with one attached hydrogen (secondary N) is 1. The third-order valence-corrected chi connectivity index (χ3v) is 4.86. The zero-order valence-electron chi connectivity index (χ0n) is 14.0. The van der Waals surface area contributed by atoms with Gasteiger partial charge in [0.05, 0.1) is 10.6 Å². The van der Waals surface area contributed by atoms with Crippen molar-refractivity contribution in [1.29, 1.82) is 0 Å². The van der Waals surface area contributed by atoms with Gasteiger partial charge in [0.1, 0.15) is 0 Å². The van der Waals surface area contributed by atoms with Crippen molar-refractivity contribution in [2.75, 3.05) is 5.32 Å². The lowest BCUT2D eigenvalue weighted by molar-refractivity contribution is 0.102. The topological polar surface area (TPSA) is 68.0 Å². The molecule has 134 valence electrons. The minimum atomic E-state index is -0.330. The van der Waals surface area contributed by atoms with Crippen molar-refractivity contribution < 1.29 is 9.21 Å². The second kappa shape index (κ2) is 8.12. The van der Waals surface area contributed by atoms with E-state index in [9.17, 15) is 4.79 Å². The summed E-state index contributed by atoms with van der Waals surface area (Å²) in [5, 5.41) is 11.7. The maximum atomic E-state index is 12.3. The summed E-state index contributed by atoms with van der Waals surface area (Å²) >= 11 is 13.7. The van der Waals surface area contributed by atoms with Crippen LogP contribution in [0.5, 0.6) is 0 Å². The van der Waals surface area contributed by atoms with Gasteiger partial charge in [-0.3, -0.25) is 10.1 Å². The van der Waals surface area contributed by atoms with Gasteiger partial charge in [-0.1, -0.05) is 42.1 Å². The first-order valence-corrected chi connectivity index (χ1v) is 9.43. The first kappa shape index (κ1) is 18.8. The summed E-state index contributed by atoms with van der Waals surface area (Å²) in [7, 11) is 0. The summed E-state index contributed by atoms with van der Waals surface area (Å²) in [6, 6.07) is 12.3. The van der Waals surface area contributed by atoms with E-state index in [4.69, 9.17) is 27.6 Å². The molecule has 0 unspecified atom stereocenters. The molecule has 0 saturated carbocycles. The van der Waals surface area contributed by atoms with E-state index in [0.29, 0.717) is 26.4 Å². The Morgan fingerprint density at radius 1 is 1.12 bits per heavy atom. The van der Waals surface area contributed by atoms with Crippen LogP contribution in [-0.2, 0) is 0 Å². The summed E-state index contributed by atoms with van der Waals surface area (Å²) in [6.07, 6.45) is 0. The van der Waals surface area contributed by atoms with Crippen LogP contribution in [0.4, 0.5) is 6.01 Å². The Kier molecular flexibility index (Phi) is 5.86. The van der Waals surface area contributed by atoms with Crippen LogP contribution in [0, 0.1) is 0 Å². The van der Waals surface area contributed by atoms with Crippen LogP contribution < -0.4 is 5.32 Å². The molecule has 0 radical (unpaired) electrons. The molecule has 1 N–H and O–H groups in total. The van der Waals surface area contributed by atoms with Gasteiger partial charge in [-0.2, -0.15) is 0 Å². The number of anilines is 1. The SMILES string of the molecule is CC(C)Sc1ccc(C(=O)Nc2nnc(-c3ccc(Cl)cc3Cl)o2)cc1. The van der Waals surface area contributed by atoms with E-state index in [-0.39, 0.29) is 17.8 Å². The van der Waals surface area contributed by atoms with Gasteiger partial charge < -0.3 is 4.42 Å². The van der Waals surface area contributed by atoms with Crippen LogP contribution in [0.2, 0.25) is 10.0 Å². The van der Waals surface area contributed by atoms with E-state index in [2.05, 4.69) is 29.4 Å². The van der Waals surface area contributed by atoms with Gasteiger partial charge >= 0.3 is 6.01 Å². The number of carbonyl (C=O) groups is 1. The molecule has 0 saturated heterocycles. The molecule has 3 rings (SSSR count). The fourth-order valence-electron chi connectivity index (χ4n) is 2.17. The average Bonchev–Trinajstić information content (AvgIpc) is 3.03. The van der Waals surface area contributed by atoms with Gasteiger partial charge in [-0.05, 0) is 42.5 Å². The molecule has 1 heterocycles. The van der Waals surface area contributed by atoms with Crippen molar-refractivity contribution in [2.45, 2.75) is 24.0 Å². The molecule has 0 atom stereocenters. The number of carbonyl (C=O) groups excluding carboxylic acids is 1. The molecule has 0 aliphatic rings. The predicted octanol–water partition coefficient (Wildman–Crippen LogP) is 5.80. The van der Waals surface area contributed by atoms with E-state index >= 15 is 0 Å². The average molecular weight is 408 g/mol. The maximum absolute atomic E-state index is 12.3. The van der Waals surface area contributed by atoms with Crippen LogP contribution in [0.3, 0.4) is 0 Å². The molecule has 26 heavy (non-hydrogen) atoms. The minimum Gasteiger partial charge on any atom is -0.403 e. The van der Waals surface area contributed by atoms with E-state index in [1.165, 1.54) is 0 Å². The van der Waals surface area contributed by atoms with Crippen LogP contribution in [0.25, 0.3) is 11.5 Å². The molecule has 1 aromatic heterocycles. The van der Waals surface area contributed by atoms with Crippen LogP contribution in [-0.4, -0.2) is 21.4 Å². The van der Waals surface area contributed by atoms with Gasteiger partial charge in [0.25, 0.3) is 11.8 Å². The Morgan fingerprint density at radius 2 is 1.85 bits per heavy atom. The monoisotopic (exact) mass is 407 g/mol. The molecule has 2 aromatic carbocycles. The lowest BCUT2D eigenvalue weighted by Crippen LogP contribution is -2.11. The summed E-state index contributed by atoms with van der Waals surface area (Å²) in [5.41, 5.74) is 1.04. The molecule has 1 amide bonds. The smallest absolute Gasteiger partial charge is 0.322 e. The normalized spacial score (nSPS) is 11.0. The lowest BCUT2D eigenvalue weighted by Gasteiger charge is -2.05. The number of thioether (sulfide) groups is 1. The quantitative estimate of drug-likeness (QED) is 0.541. The number of nitrogens with zero attached hydrogens (tertiary/aromatic N) is 2. The summed E-state index contributed by atoms with van der Waals surface area (Å²) in [6.45, 7) is 4.23. The van der Waals surface area contributed by atoms with Crippen molar-refractivity contribution >= 4 is 46.9 Å². The second-order valence-electron chi connectivity index (χ2n) is 5.68. The van der Waals surface area contributed by atoms with E-state index in [1.807, 2.05) is 12.1 Å². The van der Waals surface area contributed by atoms with Gasteiger partial charge in [0.2, 0.25) is 0 Å². The summed E-state index contributed by atoms with van der Waals surface area (Å²) in [5.74, 6) is -0.130. The van der Waals surface area contributed by atoms with Gasteiger partial charge in [0, 0.05) is 20.7 Å². The second-order valence-corrected chi connectivity index (χ2v) is 8.18. The molecule has 0 spiro atoms. The van der Waals surface area contributed by atoms with Crippen molar-refractivity contribution in [3.8, 4) is 11.5 Å².